The summed E-state index contributed by atoms with van der Waals surface area (Å²) in [6, 6.07) is 13.5. The highest BCUT2D eigenvalue weighted by atomic mass is 79.9. The van der Waals surface area contributed by atoms with Gasteiger partial charge in [-0.2, -0.15) is 0 Å². The molecule has 2 heterocycles. The first-order valence-corrected chi connectivity index (χ1v) is 12.3. The van der Waals surface area contributed by atoms with Crippen LogP contribution in [0.1, 0.15) is 34.0 Å². The Morgan fingerprint density at radius 1 is 1.19 bits per heavy atom. The van der Waals surface area contributed by atoms with Crippen LogP contribution in [-0.4, -0.2) is 28.1 Å². The molecule has 0 saturated carbocycles. The van der Waals surface area contributed by atoms with Crippen LogP contribution in [0.2, 0.25) is 0 Å². The third kappa shape index (κ3) is 4.79. The van der Waals surface area contributed by atoms with Crippen LogP contribution in [0.3, 0.4) is 0 Å². The van der Waals surface area contributed by atoms with Crippen LogP contribution in [0.5, 0.6) is 11.5 Å². The molecule has 1 N–H and O–H groups in total. The molecule has 9 heteroatoms. The number of aromatic nitrogens is 2. The van der Waals surface area contributed by atoms with Crippen LogP contribution in [0, 0.1) is 5.41 Å². The Balaban J connectivity index is 1.58. The zero-order chi connectivity index (χ0) is 22.7. The Morgan fingerprint density at radius 2 is 1.97 bits per heavy atom. The van der Waals surface area contributed by atoms with E-state index in [0.29, 0.717) is 28.0 Å². The van der Waals surface area contributed by atoms with E-state index in [-0.39, 0.29) is 10.8 Å². The number of carbonyl (C=O) groups is 1. The summed E-state index contributed by atoms with van der Waals surface area (Å²) in [5.41, 5.74) is 1.82. The van der Waals surface area contributed by atoms with E-state index in [0.717, 1.165) is 38.8 Å². The fraction of sp³-hybridized carbons (Fsp3) is 0.217. The van der Waals surface area contributed by atoms with Gasteiger partial charge in [0.25, 0.3) is 0 Å². The van der Waals surface area contributed by atoms with Crippen molar-refractivity contribution in [3.8, 4) is 11.5 Å². The lowest BCUT2D eigenvalue weighted by molar-refractivity contribution is -0.114. The summed E-state index contributed by atoms with van der Waals surface area (Å²) >= 11 is 6.13. The Morgan fingerprint density at radius 3 is 2.66 bits per heavy atom. The van der Waals surface area contributed by atoms with Gasteiger partial charge in [0.05, 0.1) is 17.1 Å². The second-order valence-corrected chi connectivity index (χ2v) is 9.99. The van der Waals surface area contributed by atoms with Crippen molar-refractivity contribution in [3.63, 3.8) is 0 Å². The molecule has 2 aromatic carbocycles. The van der Waals surface area contributed by atoms with Gasteiger partial charge in [-0.05, 0) is 35.8 Å². The molecule has 1 aliphatic rings. The number of ketones is 1. The van der Waals surface area contributed by atoms with E-state index < -0.39 is 5.92 Å². The topological polar surface area (TPSA) is 85.2 Å². The van der Waals surface area contributed by atoms with E-state index in [1.165, 1.54) is 11.3 Å². The molecule has 6 nitrogen and oxygen atoms in total. The lowest BCUT2D eigenvalue weighted by atomic mass is 10.0. The summed E-state index contributed by atoms with van der Waals surface area (Å²) in [6.45, 7) is 2.41. The first-order chi connectivity index (χ1) is 15.5. The molecule has 4 rings (SSSR count). The molecule has 0 radical (unpaired) electrons. The number of halogens is 1. The fourth-order valence-electron chi connectivity index (χ4n) is 3.15. The van der Waals surface area contributed by atoms with Crippen LogP contribution < -0.4 is 9.47 Å². The molecule has 0 aliphatic carbocycles. The second kappa shape index (κ2) is 9.97. The van der Waals surface area contributed by atoms with Gasteiger partial charge in [0.15, 0.2) is 17.3 Å². The number of methoxy groups -OCH3 is 1. The first-order valence-electron chi connectivity index (χ1n) is 9.88. The minimum absolute atomic E-state index is 0.130. The van der Waals surface area contributed by atoms with Crippen LogP contribution in [-0.2, 0) is 17.8 Å². The SMILES string of the molecule is CCc1nnc([C@@H]2C(=N)S/C(=C\c3cc(OC)c(OCc4ccccc4)cc3Br)C2=O)s1. The van der Waals surface area contributed by atoms with E-state index in [2.05, 4.69) is 26.1 Å². The number of allylic oxidation sites excluding steroid dienone is 1. The average Bonchev–Trinajstić information content (AvgIpc) is 3.38. The zero-order valence-corrected chi connectivity index (χ0v) is 20.6. The minimum atomic E-state index is -0.668. The number of nitrogens with one attached hydrogen (secondary N) is 1. The van der Waals surface area contributed by atoms with Gasteiger partial charge >= 0.3 is 0 Å². The summed E-state index contributed by atoms with van der Waals surface area (Å²) < 4.78 is 12.2. The standard InChI is InChI=1S/C23H20BrN3O3S2/c1-3-19-26-27-23(32-19)20-21(28)18(31-22(20)25)10-14-9-16(29-2)17(11-15(14)24)30-12-13-7-5-4-6-8-13/h4-11,20,25H,3,12H2,1-2H3/b18-10-,25-22?/t20-/m0/s1. The Kier molecular flexibility index (Phi) is 7.07. The normalized spacial score (nSPS) is 17.2. The van der Waals surface area contributed by atoms with Gasteiger partial charge in [0.1, 0.15) is 22.5 Å². The maximum atomic E-state index is 13.0. The molecule has 1 atom stereocenters. The second-order valence-electron chi connectivity index (χ2n) is 6.96. The molecule has 0 unspecified atom stereocenters. The highest BCUT2D eigenvalue weighted by Gasteiger charge is 2.39. The molecular weight excluding hydrogens is 510 g/mol. The van der Waals surface area contributed by atoms with Crippen molar-refractivity contribution in [1.82, 2.24) is 10.2 Å². The van der Waals surface area contributed by atoms with Crippen molar-refractivity contribution in [2.24, 2.45) is 0 Å². The number of nitrogens with zero attached hydrogens (tertiary/aromatic N) is 2. The number of rotatable bonds is 7. The van der Waals surface area contributed by atoms with Crippen molar-refractivity contribution >= 4 is 55.9 Å². The smallest absolute Gasteiger partial charge is 0.186 e. The predicted molar refractivity (Wildman–Crippen MR) is 132 cm³/mol. The van der Waals surface area contributed by atoms with Crippen molar-refractivity contribution in [3.05, 3.63) is 73.0 Å². The number of hydrogen-bond donors (Lipinski definition) is 1. The number of Topliss-reactive ketones (excluding diaryl/α,β-unsaturated/α-hetero) is 1. The number of ether oxygens (including phenoxy) is 2. The highest BCUT2D eigenvalue weighted by Crippen LogP contribution is 2.43. The molecule has 1 saturated heterocycles. The molecule has 1 aliphatic heterocycles. The summed E-state index contributed by atoms with van der Waals surface area (Å²) in [7, 11) is 1.58. The van der Waals surface area contributed by atoms with Crippen molar-refractivity contribution in [2.45, 2.75) is 25.9 Å². The summed E-state index contributed by atoms with van der Waals surface area (Å²) in [5, 5.41) is 18.3. The molecule has 0 bridgehead atoms. The number of hydrogen-bond acceptors (Lipinski definition) is 8. The van der Waals surface area contributed by atoms with Crippen LogP contribution >= 0.6 is 39.0 Å². The summed E-state index contributed by atoms with van der Waals surface area (Å²) in [4.78, 5) is 13.5. The highest BCUT2D eigenvalue weighted by molar-refractivity contribution is 9.10. The Bertz CT molecular complexity index is 1190. The van der Waals surface area contributed by atoms with Crippen molar-refractivity contribution < 1.29 is 14.3 Å². The quantitative estimate of drug-likeness (QED) is 0.385. The molecule has 0 amide bonds. The van der Waals surface area contributed by atoms with Crippen LogP contribution in [0.15, 0.2) is 51.8 Å². The molecule has 3 aromatic rings. The van der Waals surface area contributed by atoms with Crippen molar-refractivity contribution in [1.29, 1.82) is 5.41 Å². The molecule has 32 heavy (non-hydrogen) atoms. The third-order valence-electron chi connectivity index (χ3n) is 4.83. The largest absolute Gasteiger partial charge is 0.493 e. The molecule has 1 aromatic heterocycles. The van der Waals surface area contributed by atoms with E-state index in [9.17, 15) is 4.79 Å². The summed E-state index contributed by atoms with van der Waals surface area (Å²) in [6.07, 6.45) is 2.53. The monoisotopic (exact) mass is 529 g/mol. The van der Waals surface area contributed by atoms with E-state index in [1.54, 1.807) is 13.2 Å². The number of carbonyl (C=O) groups excluding carboxylic acids is 1. The van der Waals surface area contributed by atoms with E-state index in [4.69, 9.17) is 14.9 Å². The van der Waals surface area contributed by atoms with Gasteiger partial charge in [-0.1, -0.05) is 64.9 Å². The molecule has 164 valence electrons. The van der Waals surface area contributed by atoms with Crippen LogP contribution in [0.25, 0.3) is 6.08 Å². The number of benzene rings is 2. The number of thioether (sulfide) groups is 1. The lowest BCUT2D eigenvalue weighted by Crippen LogP contribution is -2.11. The number of aryl methyl sites for hydroxylation is 1. The fourth-order valence-corrected chi connectivity index (χ4v) is 5.53. The van der Waals surface area contributed by atoms with Gasteiger partial charge in [0.2, 0.25) is 0 Å². The third-order valence-corrected chi connectivity index (χ3v) is 7.64. The lowest BCUT2D eigenvalue weighted by Gasteiger charge is -2.13. The predicted octanol–water partition coefficient (Wildman–Crippen LogP) is 5.87. The van der Waals surface area contributed by atoms with Crippen molar-refractivity contribution in [2.75, 3.05) is 7.11 Å². The molecule has 0 spiro atoms. The van der Waals surface area contributed by atoms with E-state index >= 15 is 0 Å². The maximum absolute atomic E-state index is 13.0. The van der Waals surface area contributed by atoms with Gasteiger partial charge in [-0.15, -0.1) is 21.5 Å². The summed E-state index contributed by atoms with van der Waals surface area (Å²) in [5.74, 6) is 0.365. The maximum Gasteiger partial charge on any atom is 0.186 e. The molecule has 1 fully saturated rings. The first kappa shape index (κ1) is 22.7. The zero-order valence-electron chi connectivity index (χ0n) is 17.4. The van der Waals surface area contributed by atoms with Gasteiger partial charge in [0, 0.05) is 4.47 Å². The van der Waals surface area contributed by atoms with Gasteiger partial charge in [-0.3, -0.25) is 10.2 Å². The molecular formula is C23H20BrN3O3S2. The van der Waals surface area contributed by atoms with Gasteiger partial charge < -0.3 is 9.47 Å². The Labute approximate surface area is 202 Å². The van der Waals surface area contributed by atoms with Gasteiger partial charge in [-0.25, -0.2) is 0 Å². The Hall–Kier alpha value is -2.49. The average molecular weight is 530 g/mol. The van der Waals surface area contributed by atoms with Crippen LogP contribution in [0.4, 0.5) is 0 Å². The minimum Gasteiger partial charge on any atom is -0.493 e. The van der Waals surface area contributed by atoms with E-state index in [1.807, 2.05) is 49.4 Å².